The van der Waals surface area contributed by atoms with E-state index >= 15 is 0 Å². The molecule has 4 unspecified atom stereocenters. The Balaban J connectivity index is 1.64. The van der Waals surface area contributed by atoms with E-state index in [2.05, 4.69) is 43.0 Å². The van der Waals surface area contributed by atoms with Crippen LogP contribution in [0.3, 0.4) is 0 Å². The monoisotopic (exact) mass is 299 g/mol. The van der Waals surface area contributed by atoms with Gasteiger partial charge in [-0.15, -0.1) is 0 Å². The zero-order valence-electron chi connectivity index (χ0n) is 14.0. The minimum absolute atomic E-state index is 0.325. The molecule has 4 atom stereocenters. The Labute approximate surface area is 134 Å². The summed E-state index contributed by atoms with van der Waals surface area (Å²) in [6.07, 6.45) is 7.27. The number of carbonyl (C=O) groups is 1. The molecule has 0 aromatic heterocycles. The van der Waals surface area contributed by atoms with E-state index in [9.17, 15) is 4.79 Å². The molecule has 2 bridgehead atoms. The lowest BCUT2D eigenvalue weighted by molar-refractivity contribution is -0.135. The Bertz CT molecular complexity index is 498. The Morgan fingerprint density at radius 1 is 1.23 bits per heavy atom. The number of carbonyl (C=O) groups excluding carboxylic acids is 1. The molecular weight excluding hydrogens is 270 g/mol. The number of amides is 1. The molecule has 1 amide bonds. The molecule has 120 valence electrons. The van der Waals surface area contributed by atoms with Crippen LogP contribution in [0, 0.1) is 17.8 Å². The van der Waals surface area contributed by atoms with E-state index in [4.69, 9.17) is 0 Å². The van der Waals surface area contributed by atoms with Crippen molar-refractivity contribution in [3.63, 3.8) is 0 Å². The van der Waals surface area contributed by atoms with Crippen LogP contribution in [0.1, 0.15) is 57.9 Å². The third-order valence-electron chi connectivity index (χ3n) is 5.96. The SMILES string of the molecule is CCC(C)N(Cc1ccccc1)C(=O)CC1CC2CCC1C2. The van der Waals surface area contributed by atoms with Crippen LogP contribution in [0.2, 0.25) is 0 Å². The fraction of sp³-hybridized carbons (Fsp3) is 0.650. The van der Waals surface area contributed by atoms with Gasteiger partial charge >= 0.3 is 0 Å². The molecule has 0 N–H and O–H groups in total. The van der Waals surface area contributed by atoms with Crippen LogP contribution < -0.4 is 0 Å². The standard InChI is InChI=1S/C20H29NO/c1-3-15(2)21(14-16-7-5-4-6-8-16)20(22)13-19-12-17-9-10-18(19)11-17/h4-8,15,17-19H,3,9-14H2,1-2H3. The van der Waals surface area contributed by atoms with Gasteiger partial charge in [0, 0.05) is 19.0 Å². The lowest BCUT2D eigenvalue weighted by atomic mass is 9.86. The summed E-state index contributed by atoms with van der Waals surface area (Å²) in [4.78, 5) is 15.0. The predicted molar refractivity (Wildman–Crippen MR) is 90.3 cm³/mol. The maximum absolute atomic E-state index is 12.9. The van der Waals surface area contributed by atoms with E-state index in [1.165, 1.54) is 31.2 Å². The molecule has 2 aliphatic carbocycles. The Hall–Kier alpha value is -1.31. The van der Waals surface area contributed by atoms with Crippen molar-refractivity contribution in [2.24, 2.45) is 17.8 Å². The largest absolute Gasteiger partial charge is 0.336 e. The van der Waals surface area contributed by atoms with E-state index in [0.717, 1.165) is 31.2 Å². The van der Waals surface area contributed by atoms with E-state index in [-0.39, 0.29) is 0 Å². The van der Waals surface area contributed by atoms with Gasteiger partial charge in [-0.2, -0.15) is 0 Å². The average molecular weight is 299 g/mol. The fourth-order valence-corrected chi connectivity index (χ4v) is 4.46. The molecule has 0 saturated heterocycles. The molecule has 22 heavy (non-hydrogen) atoms. The lowest BCUT2D eigenvalue weighted by Crippen LogP contribution is -2.39. The lowest BCUT2D eigenvalue weighted by Gasteiger charge is -2.31. The van der Waals surface area contributed by atoms with Gasteiger partial charge in [-0.25, -0.2) is 0 Å². The van der Waals surface area contributed by atoms with E-state index in [1.54, 1.807) is 0 Å². The Kier molecular flexibility index (Phi) is 4.85. The van der Waals surface area contributed by atoms with Crippen molar-refractivity contribution >= 4 is 5.91 Å². The highest BCUT2D eigenvalue weighted by Crippen LogP contribution is 2.49. The van der Waals surface area contributed by atoms with Gasteiger partial charge < -0.3 is 4.90 Å². The van der Waals surface area contributed by atoms with Crippen molar-refractivity contribution in [3.8, 4) is 0 Å². The van der Waals surface area contributed by atoms with Gasteiger partial charge in [0.25, 0.3) is 0 Å². The summed E-state index contributed by atoms with van der Waals surface area (Å²) in [5.74, 6) is 2.79. The molecule has 2 fully saturated rings. The second kappa shape index (κ2) is 6.85. The molecule has 2 aliphatic rings. The van der Waals surface area contributed by atoms with Gasteiger partial charge in [0.2, 0.25) is 5.91 Å². The predicted octanol–water partition coefficient (Wildman–Crippen LogP) is 4.64. The van der Waals surface area contributed by atoms with Crippen molar-refractivity contribution < 1.29 is 4.79 Å². The minimum Gasteiger partial charge on any atom is -0.336 e. The number of hydrogen-bond acceptors (Lipinski definition) is 1. The van der Waals surface area contributed by atoms with E-state index in [1.807, 2.05) is 6.07 Å². The first-order valence-corrected chi connectivity index (χ1v) is 9.00. The molecular formula is C20H29NO. The zero-order chi connectivity index (χ0) is 15.5. The summed E-state index contributed by atoms with van der Waals surface area (Å²) < 4.78 is 0. The quantitative estimate of drug-likeness (QED) is 0.749. The van der Waals surface area contributed by atoms with Crippen LogP contribution in [0.25, 0.3) is 0 Å². The van der Waals surface area contributed by atoms with Gasteiger partial charge in [0.1, 0.15) is 0 Å². The number of rotatable bonds is 6. The minimum atomic E-state index is 0.325. The van der Waals surface area contributed by atoms with Crippen LogP contribution in [-0.2, 0) is 11.3 Å². The number of hydrogen-bond donors (Lipinski definition) is 0. The van der Waals surface area contributed by atoms with E-state index in [0.29, 0.717) is 17.9 Å². The van der Waals surface area contributed by atoms with Crippen molar-refractivity contribution in [1.82, 2.24) is 4.90 Å². The number of nitrogens with zero attached hydrogens (tertiary/aromatic N) is 1. The summed E-state index contributed by atoms with van der Waals surface area (Å²) in [6, 6.07) is 10.7. The van der Waals surface area contributed by atoms with Gasteiger partial charge in [-0.1, -0.05) is 43.7 Å². The van der Waals surface area contributed by atoms with Crippen LogP contribution in [0.4, 0.5) is 0 Å². The first-order chi connectivity index (χ1) is 10.7. The maximum Gasteiger partial charge on any atom is 0.223 e. The van der Waals surface area contributed by atoms with E-state index < -0.39 is 0 Å². The second-order valence-corrected chi connectivity index (χ2v) is 7.40. The average Bonchev–Trinajstić information content (AvgIpc) is 3.15. The van der Waals surface area contributed by atoms with Crippen molar-refractivity contribution in [1.29, 1.82) is 0 Å². The molecule has 3 rings (SSSR count). The first kappa shape index (κ1) is 15.6. The van der Waals surface area contributed by atoms with Gasteiger partial charge in [0.05, 0.1) is 0 Å². The van der Waals surface area contributed by atoms with Gasteiger partial charge in [0.15, 0.2) is 0 Å². The van der Waals surface area contributed by atoms with Crippen molar-refractivity contribution in [2.75, 3.05) is 0 Å². The van der Waals surface area contributed by atoms with Crippen LogP contribution in [0.5, 0.6) is 0 Å². The van der Waals surface area contributed by atoms with Crippen LogP contribution in [0.15, 0.2) is 30.3 Å². The maximum atomic E-state index is 12.9. The summed E-state index contributed by atoms with van der Waals surface area (Å²) in [6.45, 7) is 5.12. The molecule has 1 aromatic rings. The van der Waals surface area contributed by atoms with Gasteiger partial charge in [-0.3, -0.25) is 4.79 Å². The molecule has 0 radical (unpaired) electrons. The second-order valence-electron chi connectivity index (χ2n) is 7.40. The third-order valence-corrected chi connectivity index (χ3v) is 5.96. The molecule has 1 aromatic carbocycles. The summed E-state index contributed by atoms with van der Waals surface area (Å²) in [5, 5.41) is 0. The first-order valence-electron chi connectivity index (χ1n) is 9.00. The summed E-state index contributed by atoms with van der Waals surface area (Å²) >= 11 is 0. The Morgan fingerprint density at radius 3 is 2.59 bits per heavy atom. The molecule has 0 heterocycles. The molecule has 0 aliphatic heterocycles. The highest BCUT2D eigenvalue weighted by Gasteiger charge is 2.40. The van der Waals surface area contributed by atoms with Gasteiger partial charge in [-0.05, 0) is 55.9 Å². The zero-order valence-corrected chi connectivity index (χ0v) is 14.0. The fourth-order valence-electron chi connectivity index (χ4n) is 4.46. The van der Waals surface area contributed by atoms with Crippen molar-refractivity contribution in [2.45, 2.75) is 65.0 Å². The van der Waals surface area contributed by atoms with Crippen LogP contribution >= 0.6 is 0 Å². The number of benzene rings is 1. The molecule has 0 spiro atoms. The number of fused-ring (bicyclic) bond motifs is 2. The normalized spacial score (nSPS) is 27.8. The van der Waals surface area contributed by atoms with Crippen molar-refractivity contribution in [3.05, 3.63) is 35.9 Å². The highest BCUT2D eigenvalue weighted by molar-refractivity contribution is 5.77. The summed E-state index contributed by atoms with van der Waals surface area (Å²) in [7, 11) is 0. The smallest absolute Gasteiger partial charge is 0.223 e. The third kappa shape index (κ3) is 3.37. The topological polar surface area (TPSA) is 20.3 Å². The summed E-state index contributed by atoms with van der Waals surface area (Å²) in [5.41, 5.74) is 1.24. The molecule has 2 heteroatoms. The Morgan fingerprint density at radius 2 is 2.00 bits per heavy atom. The van der Waals surface area contributed by atoms with Crippen LogP contribution in [-0.4, -0.2) is 16.8 Å². The molecule has 2 nitrogen and oxygen atoms in total. The highest BCUT2D eigenvalue weighted by atomic mass is 16.2. The molecule has 2 saturated carbocycles.